The first-order chi connectivity index (χ1) is 11.1. The molecule has 0 saturated carbocycles. The zero-order chi connectivity index (χ0) is 16.3. The Morgan fingerprint density at radius 1 is 0.652 bits per heavy atom. The van der Waals surface area contributed by atoms with E-state index in [-0.39, 0.29) is 4.90 Å². The molecular formula is C18H14ClNO2S. The Morgan fingerprint density at radius 3 is 1.52 bits per heavy atom. The number of hydrogen-bond acceptors (Lipinski definition) is 2. The molecule has 23 heavy (non-hydrogen) atoms. The van der Waals surface area contributed by atoms with Gasteiger partial charge in [0.25, 0.3) is 10.0 Å². The minimum atomic E-state index is -3.75. The fourth-order valence-corrected chi connectivity index (χ4v) is 3.88. The van der Waals surface area contributed by atoms with Crippen LogP contribution in [0.3, 0.4) is 0 Å². The Bertz CT molecular complexity index is 840. The molecule has 0 amide bonds. The van der Waals surface area contributed by atoms with Crippen LogP contribution in [0.1, 0.15) is 0 Å². The fourth-order valence-electron chi connectivity index (χ4n) is 2.27. The van der Waals surface area contributed by atoms with Gasteiger partial charge in [-0.25, -0.2) is 12.7 Å². The molecule has 0 spiro atoms. The van der Waals surface area contributed by atoms with E-state index in [1.165, 1.54) is 16.4 Å². The van der Waals surface area contributed by atoms with Gasteiger partial charge in [0, 0.05) is 5.02 Å². The molecule has 0 fully saturated rings. The molecule has 0 aromatic heterocycles. The molecule has 5 heteroatoms. The number of halogens is 1. The molecule has 0 saturated heterocycles. The van der Waals surface area contributed by atoms with Crippen molar-refractivity contribution < 1.29 is 8.42 Å². The van der Waals surface area contributed by atoms with Crippen molar-refractivity contribution in [3.63, 3.8) is 0 Å². The highest BCUT2D eigenvalue weighted by Crippen LogP contribution is 2.32. The van der Waals surface area contributed by atoms with Crippen molar-refractivity contribution >= 4 is 33.0 Å². The van der Waals surface area contributed by atoms with Crippen molar-refractivity contribution in [2.75, 3.05) is 4.31 Å². The zero-order valence-corrected chi connectivity index (χ0v) is 13.7. The van der Waals surface area contributed by atoms with Crippen LogP contribution in [0.25, 0.3) is 0 Å². The average molecular weight is 344 g/mol. The van der Waals surface area contributed by atoms with Gasteiger partial charge in [0.2, 0.25) is 0 Å². The molecule has 3 aromatic carbocycles. The third-order valence-corrected chi connectivity index (χ3v) is 5.36. The van der Waals surface area contributed by atoms with Crippen molar-refractivity contribution in [2.45, 2.75) is 4.90 Å². The summed E-state index contributed by atoms with van der Waals surface area (Å²) in [5.41, 5.74) is 1.15. The molecule has 116 valence electrons. The second-order valence-corrected chi connectivity index (χ2v) is 7.12. The number of anilines is 2. The Morgan fingerprint density at radius 2 is 1.09 bits per heavy atom. The highest BCUT2D eigenvalue weighted by atomic mass is 35.5. The number of benzene rings is 3. The summed E-state index contributed by atoms with van der Waals surface area (Å²) in [6.07, 6.45) is 0. The van der Waals surface area contributed by atoms with Gasteiger partial charge in [0.15, 0.2) is 0 Å². The summed E-state index contributed by atoms with van der Waals surface area (Å²) in [5, 5.41) is 0.495. The quantitative estimate of drug-likeness (QED) is 0.678. The minimum Gasteiger partial charge on any atom is -0.235 e. The Balaban J connectivity index is 2.17. The maximum Gasteiger partial charge on any atom is 0.268 e. The van der Waals surface area contributed by atoms with E-state index in [0.29, 0.717) is 16.4 Å². The van der Waals surface area contributed by atoms with Gasteiger partial charge in [-0.2, -0.15) is 0 Å². The first kappa shape index (κ1) is 15.6. The predicted octanol–water partition coefficient (Wildman–Crippen LogP) is 4.87. The minimum absolute atomic E-state index is 0.189. The SMILES string of the molecule is O=S(=O)(c1ccc(Cl)cc1)N(c1ccccc1)c1ccccc1. The molecule has 0 heterocycles. The Labute approximate surface area is 140 Å². The van der Waals surface area contributed by atoms with Gasteiger partial charge in [0.1, 0.15) is 0 Å². The summed E-state index contributed by atoms with van der Waals surface area (Å²) in [6, 6.07) is 24.2. The zero-order valence-electron chi connectivity index (χ0n) is 12.1. The van der Waals surface area contributed by atoms with Crippen molar-refractivity contribution in [1.29, 1.82) is 0 Å². The first-order valence-electron chi connectivity index (χ1n) is 7.00. The van der Waals surface area contributed by atoms with Crippen LogP contribution in [0.4, 0.5) is 11.4 Å². The number of hydrogen-bond donors (Lipinski definition) is 0. The van der Waals surface area contributed by atoms with E-state index in [4.69, 9.17) is 11.6 Å². The monoisotopic (exact) mass is 343 g/mol. The third kappa shape index (κ3) is 3.23. The molecule has 0 unspecified atom stereocenters. The summed E-state index contributed by atoms with van der Waals surface area (Å²) in [7, 11) is -3.75. The molecule has 0 N–H and O–H groups in total. The molecule has 0 atom stereocenters. The number of rotatable bonds is 4. The van der Waals surface area contributed by atoms with E-state index in [9.17, 15) is 8.42 Å². The second-order valence-electron chi connectivity index (χ2n) is 4.89. The molecule has 3 aromatic rings. The topological polar surface area (TPSA) is 37.4 Å². The van der Waals surface area contributed by atoms with Crippen LogP contribution < -0.4 is 4.31 Å². The highest BCUT2D eigenvalue weighted by Gasteiger charge is 2.26. The molecule has 0 aliphatic carbocycles. The van der Waals surface area contributed by atoms with Gasteiger partial charge in [-0.3, -0.25) is 0 Å². The normalized spacial score (nSPS) is 11.2. The molecule has 3 rings (SSSR count). The fraction of sp³-hybridized carbons (Fsp3) is 0. The number of sulfonamides is 1. The summed E-state index contributed by atoms with van der Waals surface area (Å²) < 4.78 is 27.6. The van der Waals surface area contributed by atoms with Crippen molar-refractivity contribution in [1.82, 2.24) is 0 Å². The largest absolute Gasteiger partial charge is 0.268 e. The van der Waals surface area contributed by atoms with Gasteiger partial charge >= 0.3 is 0 Å². The lowest BCUT2D eigenvalue weighted by atomic mass is 10.3. The van der Waals surface area contributed by atoms with E-state index in [2.05, 4.69) is 0 Å². The molecule has 0 bridgehead atoms. The summed E-state index contributed by atoms with van der Waals surface area (Å²) >= 11 is 5.87. The van der Waals surface area contributed by atoms with E-state index in [0.717, 1.165) is 0 Å². The van der Waals surface area contributed by atoms with Gasteiger partial charge in [-0.05, 0) is 48.5 Å². The molecule has 0 aliphatic rings. The third-order valence-electron chi connectivity index (χ3n) is 3.33. The van der Waals surface area contributed by atoms with Crippen molar-refractivity contribution in [2.24, 2.45) is 0 Å². The van der Waals surface area contributed by atoms with Crippen LogP contribution in [0.2, 0.25) is 5.02 Å². The lowest BCUT2D eigenvalue weighted by Crippen LogP contribution is -2.26. The maximum atomic E-state index is 13.1. The molecule has 0 aliphatic heterocycles. The van der Waals surface area contributed by atoms with Crippen LogP contribution in [0.5, 0.6) is 0 Å². The van der Waals surface area contributed by atoms with Gasteiger partial charge < -0.3 is 0 Å². The van der Waals surface area contributed by atoms with Crippen molar-refractivity contribution in [3.05, 3.63) is 90.0 Å². The van der Waals surface area contributed by atoms with E-state index in [1.54, 1.807) is 36.4 Å². The summed E-state index contributed by atoms with van der Waals surface area (Å²) in [4.78, 5) is 0.189. The van der Waals surface area contributed by atoms with Crippen LogP contribution in [0, 0.1) is 0 Å². The van der Waals surface area contributed by atoms with E-state index >= 15 is 0 Å². The van der Waals surface area contributed by atoms with Crippen LogP contribution in [-0.4, -0.2) is 8.42 Å². The smallest absolute Gasteiger partial charge is 0.235 e. The van der Waals surface area contributed by atoms with Crippen molar-refractivity contribution in [3.8, 4) is 0 Å². The first-order valence-corrected chi connectivity index (χ1v) is 8.82. The maximum absolute atomic E-state index is 13.1. The predicted molar refractivity (Wildman–Crippen MR) is 93.7 cm³/mol. The summed E-state index contributed by atoms with van der Waals surface area (Å²) in [6.45, 7) is 0. The van der Waals surface area contributed by atoms with Gasteiger partial charge in [-0.15, -0.1) is 0 Å². The van der Waals surface area contributed by atoms with Crippen LogP contribution in [0.15, 0.2) is 89.8 Å². The standard InChI is InChI=1S/C18H14ClNO2S/c19-15-11-13-18(14-12-15)23(21,22)20(16-7-3-1-4-8-16)17-9-5-2-6-10-17/h1-14H. The Hall–Kier alpha value is -2.30. The van der Waals surface area contributed by atoms with Gasteiger partial charge in [-0.1, -0.05) is 48.0 Å². The van der Waals surface area contributed by atoms with Crippen LogP contribution >= 0.6 is 11.6 Å². The molecule has 0 radical (unpaired) electrons. The highest BCUT2D eigenvalue weighted by molar-refractivity contribution is 7.93. The van der Waals surface area contributed by atoms with E-state index in [1.807, 2.05) is 36.4 Å². The van der Waals surface area contributed by atoms with E-state index < -0.39 is 10.0 Å². The number of para-hydroxylation sites is 2. The Kier molecular flexibility index (Phi) is 4.37. The average Bonchev–Trinajstić information content (AvgIpc) is 2.57. The number of nitrogens with zero attached hydrogens (tertiary/aromatic N) is 1. The van der Waals surface area contributed by atoms with Crippen LogP contribution in [-0.2, 0) is 10.0 Å². The lowest BCUT2D eigenvalue weighted by molar-refractivity contribution is 0.596. The van der Waals surface area contributed by atoms with Gasteiger partial charge in [0.05, 0.1) is 16.3 Å². The second kappa shape index (κ2) is 6.44. The lowest BCUT2D eigenvalue weighted by Gasteiger charge is -2.24. The summed E-state index contributed by atoms with van der Waals surface area (Å²) in [5.74, 6) is 0. The molecular weight excluding hydrogens is 330 g/mol. The molecule has 3 nitrogen and oxygen atoms in total.